The average Bonchev–Trinajstić information content (AvgIpc) is 2.76. The minimum atomic E-state index is -3.80. The number of benzene rings is 2. The summed E-state index contributed by atoms with van der Waals surface area (Å²) < 4.78 is 31.9. The van der Waals surface area contributed by atoms with Crippen LogP contribution in [0, 0.1) is 13.8 Å². The highest BCUT2D eigenvalue weighted by molar-refractivity contribution is 7.91. The van der Waals surface area contributed by atoms with Crippen LogP contribution in [0.1, 0.15) is 16.8 Å². The Hall–Kier alpha value is -3.39. The van der Waals surface area contributed by atoms with E-state index >= 15 is 0 Å². The predicted molar refractivity (Wildman–Crippen MR) is 119 cm³/mol. The summed E-state index contributed by atoms with van der Waals surface area (Å²) in [6.07, 6.45) is 1.66. The van der Waals surface area contributed by atoms with Gasteiger partial charge < -0.3 is 15.4 Å². The van der Waals surface area contributed by atoms with E-state index in [-0.39, 0.29) is 28.0 Å². The van der Waals surface area contributed by atoms with Crippen molar-refractivity contribution in [1.82, 2.24) is 10.3 Å². The Morgan fingerprint density at radius 3 is 2.42 bits per heavy atom. The molecule has 0 saturated carbocycles. The Morgan fingerprint density at radius 2 is 1.77 bits per heavy atom. The summed E-state index contributed by atoms with van der Waals surface area (Å²) in [5.74, 6) is -0.0825. The average molecular weight is 440 g/mol. The molecule has 31 heavy (non-hydrogen) atoms. The van der Waals surface area contributed by atoms with Crippen LogP contribution >= 0.6 is 0 Å². The van der Waals surface area contributed by atoms with Crippen LogP contribution in [0.4, 0.5) is 5.69 Å². The van der Waals surface area contributed by atoms with Gasteiger partial charge in [-0.1, -0.05) is 23.8 Å². The van der Waals surface area contributed by atoms with Crippen molar-refractivity contribution >= 4 is 21.4 Å². The molecule has 0 aliphatic carbocycles. The molecule has 1 aromatic heterocycles. The van der Waals surface area contributed by atoms with Crippen LogP contribution < -0.4 is 15.4 Å². The quantitative estimate of drug-likeness (QED) is 0.559. The van der Waals surface area contributed by atoms with E-state index in [1.165, 1.54) is 7.11 Å². The zero-order valence-electron chi connectivity index (χ0n) is 17.7. The zero-order valence-corrected chi connectivity index (χ0v) is 18.5. The number of methoxy groups -OCH3 is 1. The normalized spacial score (nSPS) is 11.1. The van der Waals surface area contributed by atoms with Gasteiger partial charge in [0.2, 0.25) is 15.7 Å². The molecule has 0 unspecified atom stereocenters. The first-order valence-electron chi connectivity index (χ1n) is 9.72. The van der Waals surface area contributed by atoms with E-state index in [4.69, 9.17) is 4.74 Å². The van der Waals surface area contributed by atoms with Gasteiger partial charge in [0.1, 0.15) is 4.90 Å². The van der Waals surface area contributed by atoms with Gasteiger partial charge in [0.25, 0.3) is 0 Å². The lowest BCUT2D eigenvalue weighted by Crippen LogP contribution is -2.29. The van der Waals surface area contributed by atoms with Gasteiger partial charge in [-0.15, -0.1) is 0 Å². The Bertz CT molecular complexity index is 1160. The van der Waals surface area contributed by atoms with E-state index in [9.17, 15) is 13.2 Å². The highest BCUT2D eigenvalue weighted by Gasteiger charge is 2.25. The van der Waals surface area contributed by atoms with Crippen LogP contribution in [-0.4, -0.2) is 33.0 Å². The molecular formula is C23H25N3O4S. The number of nitrogens with zero attached hydrogens (tertiary/aromatic N) is 1. The van der Waals surface area contributed by atoms with Crippen molar-refractivity contribution in [2.75, 3.05) is 19.0 Å². The number of anilines is 1. The molecule has 0 saturated heterocycles. The number of aryl methyl sites for hydroxylation is 2. The molecule has 0 bridgehead atoms. The molecular weight excluding hydrogens is 414 g/mol. The van der Waals surface area contributed by atoms with Crippen molar-refractivity contribution in [1.29, 1.82) is 0 Å². The number of nitrogens with one attached hydrogen (secondary N) is 2. The van der Waals surface area contributed by atoms with Gasteiger partial charge in [-0.05, 0) is 55.8 Å². The van der Waals surface area contributed by atoms with E-state index in [2.05, 4.69) is 15.6 Å². The lowest BCUT2D eigenvalue weighted by Gasteiger charge is -2.17. The van der Waals surface area contributed by atoms with Crippen LogP contribution in [-0.2, 0) is 21.2 Å². The van der Waals surface area contributed by atoms with Gasteiger partial charge in [-0.2, -0.15) is 0 Å². The predicted octanol–water partition coefficient (Wildman–Crippen LogP) is 3.27. The number of hydrogen-bond donors (Lipinski definition) is 2. The fraction of sp³-hybridized carbons (Fsp3) is 0.217. The maximum absolute atomic E-state index is 13.2. The Balaban J connectivity index is 1.81. The van der Waals surface area contributed by atoms with Crippen molar-refractivity contribution in [2.24, 2.45) is 0 Å². The molecule has 0 aliphatic rings. The topological polar surface area (TPSA) is 97.4 Å². The molecule has 1 heterocycles. The summed E-state index contributed by atoms with van der Waals surface area (Å²) in [7, 11) is -2.39. The third kappa shape index (κ3) is 5.40. The summed E-state index contributed by atoms with van der Waals surface area (Å²) >= 11 is 0. The van der Waals surface area contributed by atoms with E-state index in [1.807, 2.05) is 19.1 Å². The van der Waals surface area contributed by atoms with E-state index in [0.717, 1.165) is 16.8 Å². The van der Waals surface area contributed by atoms with Crippen LogP contribution in [0.15, 0.2) is 70.6 Å². The van der Waals surface area contributed by atoms with Crippen molar-refractivity contribution in [3.05, 3.63) is 77.6 Å². The van der Waals surface area contributed by atoms with Crippen molar-refractivity contribution in [3.63, 3.8) is 0 Å². The molecule has 3 aromatic rings. The zero-order chi connectivity index (χ0) is 22.4. The van der Waals surface area contributed by atoms with Crippen molar-refractivity contribution in [2.45, 2.75) is 30.2 Å². The highest BCUT2D eigenvalue weighted by atomic mass is 32.2. The van der Waals surface area contributed by atoms with Gasteiger partial charge in [-0.25, -0.2) is 8.42 Å². The van der Waals surface area contributed by atoms with Crippen molar-refractivity contribution < 1.29 is 17.9 Å². The molecule has 0 aliphatic heterocycles. The lowest BCUT2D eigenvalue weighted by atomic mass is 10.2. The summed E-state index contributed by atoms with van der Waals surface area (Å²) in [5, 5.41) is 5.77. The third-order valence-corrected chi connectivity index (χ3v) is 6.43. The third-order valence-electron chi connectivity index (χ3n) is 4.66. The number of carbonyl (C=O) groups excluding carboxylic acids is 1. The highest BCUT2D eigenvalue weighted by Crippen LogP contribution is 2.36. The van der Waals surface area contributed by atoms with Crippen LogP contribution in [0.5, 0.6) is 5.75 Å². The number of ether oxygens (including phenoxy) is 1. The number of carbonyl (C=O) groups is 1. The number of aromatic nitrogens is 1. The second-order valence-electron chi connectivity index (χ2n) is 7.11. The fourth-order valence-electron chi connectivity index (χ4n) is 3.06. The molecule has 3 rings (SSSR count). The molecule has 0 atom stereocenters. The summed E-state index contributed by atoms with van der Waals surface area (Å²) in [4.78, 5) is 16.6. The first-order valence-corrected chi connectivity index (χ1v) is 11.2. The maximum Gasteiger partial charge on any atom is 0.239 e. The first kappa shape index (κ1) is 22.3. The van der Waals surface area contributed by atoms with Gasteiger partial charge in [0, 0.05) is 6.20 Å². The monoisotopic (exact) mass is 439 g/mol. The van der Waals surface area contributed by atoms with E-state index in [0.29, 0.717) is 12.2 Å². The van der Waals surface area contributed by atoms with Gasteiger partial charge in [0.15, 0.2) is 5.75 Å². The van der Waals surface area contributed by atoms with Gasteiger partial charge >= 0.3 is 0 Å². The lowest BCUT2D eigenvalue weighted by molar-refractivity contribution is -0.119. The van der Waals surface area contributed by atoms with Crippen LogP contribution in [0.25, 0.3) is 0 Å². The minimum Gasteiger partial charge on any atom is -0.493 e. The maximum atomic E-state index is 13.2. The number of pyridine rings is 1. The number of amides is 1. The molecule has 2 N–H and O–H groups in total. The second-order valence-corrected chi connectivity index (χ2v) is 9.03. The summed E-state index contributed by atoms with van der Waals surface area (Å²) in [6, 6.07) is 15.4. The summed E-state index contributed by atoms with van der Waals surface area (Å²) in [5.41, 5.74) is 2.87. The minimum absolute atomic E-state index is 0.0450. The Kier molecular flexibility index (Phi) is 6.91. The van der Waals surface area contributed by atoms with Gasteiger partial charge in [-0.3, -0.25) is 9.78 Å². The number of sulfone groups is 1. The Morgan fingerprint density at radius 1 is 1.03 bits per heavy atom. The Labute approximate surface area is 182 Å². The molecule has 1 amide bonds. The molecule has 0 radical (unpaired) electrons. The van der Waals surface area contributed by atoms with Crippen LogP contribution in [0.3, 0.4) is 0 Å². The van der Waals surface area contributed by atoms with Gasteiger partial charge in [0.05, 0.1) is 36.5 Å². The van der Waals surface area contributed by atoms with E-state index in [1.54, 1.807) is 55.6 Å². The fourth-order valence-corrected chi connectivity index (χ4v) is 4.58. The molecule has 162 valence electrons. The largest absolute Gasteiger partial charge is 0.493 e. The molecule has 2 aromatic carbocycles. The first-order chi connectivity index (χ1) is 14.8. The molecule has 0 fully saturated rings. The molecule has 8 heteroatoms. The van der Waals surface area contributed by atoms with E-state index < -0.39 is 9.84 Å². The molecule has 0 spiro atoms. The standard InChI is InChI=1S/C23H25N3O4S/c1-16-7-9-19(10-8-16)31(28,29)21-13-17(2)12-20(23(21)30-3)25-15-22(27)26-14-18-6-4-5-11-24-18/h4-13,25H,14-15H2,1-3H3,(H,26,27). The number of rotatable bonds is 8. The number of hydrogen-bond acceptors (Lipinski definition) is 6. The second kappa shape index (κ2) is 9.61. The molecule has 7 nitrogen and oxygen atoms in total. The summed E-state index contributed by atoms with van der Waals surface area (Å²) in [6.45, 7) is 3.94. The van der Waals surface area contributed by atoms with Crippen molar-refractivity contribution in [3.8, 4) is 5.75 Å². The SMILES string of the molecule is COc1c(NCC(=O)NCc2ccccn2)cc(C)cc1S(=O)(=O)c1ccc(C)cc1. The smallest absolute Gasteiger partial charge is 0.239 e. The van der Waals surface area contributed by atoms with Crippen LogP contribution in [0.2, 0.25) is 0 Å².